The van der Waals surface area contributed by atoms with Gasteiger partial charge in [0.2, 0.25) is 0 Å². The van der Waals surface area contributed by atoms with Gasteiger partial charge in [0.05, 0.1) is 5.52 Å². The molecule has 1 heterocycles. The van der Waals surface area contributed by atoms with Crippen molar-refractivity contribution in [3.05, 3.63) is 45.7 Å². The first-order valence-electron chi connectivity index (χ1n) is 5.95. The van der Waals surface area contributed by atoms with Crippen LogP contribution in [0.2, 0.25) is 0 Å². The smallest absolute Gasteiger partial charge is 0.255 e. The molecule has 0 aliphatic heterocycles. The highest BCUT2D eigenvalue weighted by Gasteiger charge is 2.07. The number of pyridine rings is 1. The van der Waals surface area contributed by atoms with E-state index in [1.54, 1.807) is 0 Å². The molecule has 2 rings (SSSR count). The van der Waals surface area contributed by atoms with E-state index >= 15 is 0 Å². The number of aryl methyl sites for hydroxylation is 2. The van der Waals surface area contributed by atoms with E-state index in [4.69, 9.17) is 0 Å². The largest absolute Gasteiger partial charge is 0.315 e. The van der Waals surface area contributed by atoms with Gasteiger partial charge >= 0.3 is 0 Å². The van der Waals surface area contributed by atoms with Gasteiger partial charge in [-0.25, -0.2) is 0 Å². The van der Waals surface area contributed by atoms with E-state index in [1.165, 1.54) is 5.56 Å². The summed E-state index contributed by atoms with van der Waals surface area (Å²) in [5.41, 5.74) is 3.14. The Labute approximate surface area is 101 Å². The van der Waals surface area contributed by atoms with Crippen LogP contribution in [0, 0.1) is 6.92 Å². The molecule has 0 unspecified atom stereocenters. The Morgan fingerprint density at radius 2 is 2.06 bits per heavy atom. The molecule has 0 aliphatic carbocycles. The first kappa shape index (κ1) is 11.9. The van der Waals surface area contributed by atoms with E-state index in [1.807, 2.05) is 31.5 Å². The van der Waals surface area contributed by atoms with E-state index in [0.717, 1.165) is 16.5 Å². The van der Waals surface area contributed by atoms with Gasteiger partial charge in [0.1, 0.15) is 0 Å². The summed E-state index contributed by atoms with van der Waals surface area (Å²) in [5.74, 6) is 0. The Hall–Kier alpha value is -1.61. The molecule has 1 N–H and O–H groups in total. The average molecular weight is 230 g/mol. The van der Waals surface area contributed by atoms with E-state index in [-0.39, 0.29) is 5.56 Å². The van der Waals surface area contributed by atoms with Crippen molar-refractivity contribution in [1.82, 2.24) is 9.88 Å². The molecule has 0 saturated heterocycles. The quantitative estimate of drug-likeness (QED) is 0.875. The minimum atomic E-state index is 0.111. The summed E-state index contributed by atoms with van der Waals surface area (Å²) in [6.07, 6.45) is 0. The highest BCUT2D eigenvalue weighted by molar-refractivity contribution is 5.80. The van der Waals surface area contributed by atoms with Crippen LogP contribution in [-0.4, -0.2) is 11.6 Å². The van der Waals surface area contributed by atoms with Crippen molar-refractivity contribution in [3.63, 3.8) is 0 Å². The third-order valence-electron chi connectivity index (χ3n) is 3.01. The van der Waals surface area contributed by atoms with Gasteiger partial charge in [0.25, 0.3) is 5.56 Å². The van der Waals surface area contributed by atoms with Gasteiger partial charge in [-0.1, -0.05) is 12.1 Å². The lowest BCUT2D eigenvalue weighted by atomic mass is 10.1. The molecule has 3 nitrogen and oxygen atoms in total. The van der Waals surface area contributed by atoms with Crippen LogP contribution in [0.25, 0.3) is 10.9 Å². The summed E-state index contributed by atoms with van der Waals surface area (Å²) in [6.45, 7) is 5.37. The normalized spacial score (nSPS) is 11.0. The van der Waals surface area contributed by atoms with Crippen LogP contribution >= 0.6 is 0 Å². The topological polar surface area (TPSA) is 34.0 Å². The lowest BCUT2D eigenvalue weighted by Crippen LogP contribution is -2.26. The molecule has 0 bridgehead atoms. The fraction of sp³-hybridized carbons (Fsp3) is 0.357. The third-order valence-corrected chi connectivity index (χ3v) is 3.01. The lowest BCUT2D eigenvalue weighted by Gasteiger charge is -2.11. The maximum atomic E-state index is 12.2. The van der Waals surface area contributed by atoms with Crippen LogP contribution in [0.5, 0.6) is 0 Å². The van der Waals surface area contributed by atoms with Crippen LogP contribution in [0.4, 0.5) is 0 Å². The minimum Gasteiger partial charge on any atom is -0.315 e. The number of hydrogen-bond acceptors (Lipinski definition) is 2. The Bertz CT molecular complexity index is 599. The number of hydrogen-bond donors (Lipinski definition) is 1. The van der Waals surface area contributed by atoms with Gasteiger partial charge in [-0.2, -0.15) is 0 Å². The predicted octanol–water partition coefficient (Wildman–Crippen LogP) is 2.05. The molecule has 0 spiro atoms. The van der Waals surface area contributed by atoms with E-state index in [9.17, 15) is 4.79 Å². The Balaban J connectivity index is 2.79. The molecule has 2 aromatic rings. The second-order valence-corrected chi connectivity index (χ2v) is 4.31. The highest BCUT2D eigenvalue weighted by atomic mass is 16.1. The fourth-order valence-corrected chi connectivity index (χ4v) is 2.17. The number of benzene rings is 1. The Kier molecular flexibility index (Phi) is 3.29. The maximum Gasteiger partial charge on any atom is 0.255 e. The van der Waals surface area contributed by atoms with Crippen molar-refractivity contribution in [3.8, 4) is 0 Å². The molecule has 17 heavy (non-hydrogen) atoms. The third kappa shape index (κ3) is 2.11. The lowest BCUT2D eigenvalue weighted by molar-refractivity contribution is 0.726. The number of fused-ring (bicyclic) bond motifs is 1. The zero-order valence-corrected chi connectivity index (χ0v) is 10.6. The Morgan fingerprint density at radius 1 is 1.29 bits per heavy atom. The first-order valence-corrected chi connectivity index (χ1v) is 5.95. The number of nitrogens with one attached hydrogen (secondary N) is 1. The second-order valence-electron chi connectivity index (χ2n) is 4.31. The second kappa shape index (κ2) is 4.72. The van der Waals surface area contributed by atoms with E-state index < -0.39 is 0 Å². The summed E-state index contributed by atoms with van der Waals surface area (Å²) in [7, 11) is 1.86. The molecule has 1 aromatic carbocycles. The van der Waals surface area contributed by atoms with Crippen molar-refractivity contribution in [1.29, 1.82) is 0 Å². The minimum absolute atomic E-state index is 0.111. The molecule has 3 heteroatoms. The molecular formula is C14H18N2O. The fourth-order valence-electron chi connectivity index (χ4n) is 2.17. The molecule has 0 fully saturated rings. The maximum absolute atomic E-state index is 12.2. The summed E-state index contributed by atoms with van der Waals surface area (Å²) in [6, 6.07) is 8.22. The molecule has 0 saturated carbocycles. The van der Waals surface area contributed by atoms with Crippen LogP contribution < -0.4 is 10.9 Å². The van der Waals surface area contributed by atoms with Crippen LogP contribution in [0.1, 0.15) is 18.1 Å². The zero-order valence-electron chi connectivity index (χ0n) is 10.6. The van der Waals surface area contributed by atoms with Gasteiger partial charge < -0.3 is 9.88 Å². The molecule has 0 aliphatic rings. The van der Waals surface area contributed by atoms with Gasteiger partial charge in [-0.15, -0.1) is 0 Å². The number of nitrogens with zero attached hydrogens (tertiary/aromatic N) is 1. The van der Waals surface area contributed by atoms with Crippen LogP contribution in [-0.2, 0) is 13.1 Å². The first-order chi connectivity index (χ1) is 8.17. The SMILES string of the molecule is CCn1c(=O)c(CNC)cc2ccc(C)cc21. The summed E-state index contributed by atoms with van der Waals surface area (Å²) < 4.78 is 1.84. The van der Waals surface area contributed by atoms with Crippen molar-refractivity contribution in [2.45, 2.75) is 26.9 Å². The molecule has 90 valence electrons. The predicted molar refractivity (Wildman–Crippen MR) is 71.4 cm³/mol. The summed E-state index contributed by atoms with van der Waals surface area (Å²) in [5, 5.41) is 4.17. The van der Waals surface area contributed by atoms with Gasteiger partial charge in [0.15, 0.2) is 0 Å². The number of aromatic nitrogens is 1. The van der Waals surface area contributed by atoms with Crippen molar-refractivity contribution in [2.75, 3.05) is 7.05 Å². The highest BCUT2D eigenvalue weighted by Crippen LogP contribution is 2.15. The van der Waals surface area contributed by atoms with Crippen molar-refractivity contribution < 1.29 is 0 Å². The standard InChI is InChI=1S/C14H18N2O/c1-4-16-13-7-10(2)5-6-11(13)8-12(9-15-3)14(16)17/h5-8,15H,4,9H2,1-3H3. The molecule has 0 radical (unpaired) electrons. The van der Waals surface area contributed by atoms with Gasteiger partial charge in [0, 0.05) is 18.7 Å². The molecular weight excluding hydrogens is 212 g/mol. The van der Waals surface area contributed by atoms with Crippen molar-refractivity contribution in [2.24, 2.45) is 0 Å². The zero-order chi connectivity index (χ0) is 12.4. The summed E-state index contributed by atoms with van der Waals surface area (Å²) >= 11 is 0. The summed E-state index contributed by atoms with van der Waals surface area (Å²) in [4.78, 5) is 12.2. The van der Waals surface area contributed by atoms with E-state index in [0.29, 0.717) is 13.1 Å². The monoisotopic (exact) mass is 230 g/mol. The van der Waals surface area contributed by atoms with Crippen LogP contribution in [0.3, 0.4) is 0 Å². The van der Waals surface area contributed by atoms with Crippen molar-refractivity contribution >= 4 is 10.9 Å². The molecule has 0 atom stereocenters. The van der Waals surface area contributed by atoms with Crippen LogP contribution in [0.15, 0.2) is 29.1 Å². The van der Waals surface area contributed by atoms with Gasteiger partial charge in [-0.05, 0) is 44.0 Å². The molecule has 0 amide bonds. The van der Waals surface area contributed by atoms with Gasteiger partial charge in [-0.3, -0.25) is 4.79 Å². The molecule has 1 aromatic heterocycles. The Morgan fingerprint density at radius 3 is 2.71 bits per heavy atom. The van der Waals surface area contributed by atoms with E-state index in [2.05, 4.69) is 23.5 Å². The average Bonchev–Trinajstić information content (AvgIpc) is 2.31. The number of rotatable bonds is 3.